The van der Waals surface area contributed by atoms with Crippen molar-refractivity contribution in [1.82, 2.24) is 19.7 Å². The fourth-order valence-corrected chi connectivity index (χ4v) is 1.07. The van der Waals surface area contributed by atoms with Gasteiger partial charge in [0.2, 0.25) is 0 Å². The summed E-state index contributed by atoms with van der Waals surface area (Å²) in [5.41, 5.74) is 1.33. The van der Waals surface area contributed by atoms with Crippen LogP contribution in [0.5, 0.6) is 0 Å². The van der Waals surface area contributed by atoms with Crippen molar-refractivity contribution in [2.75, 3.05) is 13.2 Å². The van der Waals surface area contributed by atoms with Crippen LogP contribution in [0.15, 0.2) is 18.9 Å². The summed E-state index contributed by atoms with van der Waals surface area (Å²) in [5.74, 6) is 0. The van der Waals surface area contributed by atoms with Crippen molar-refractivity contribution < 1.29 is 9.94 Å². The van der Waals surface area contributed by atoms with E-state index in [1.807, 2.05) is 0 Å². The van der Waals surface area contributed by atoms with Gasteiger partial charge in [-0.15, -0.1) is 0 Å². The highest BCUT2D eigenvalue weighted by Crippen LogP contribution is 2.04. The minimum atomic E-state index is 0.113. The van der Waals surface area contributed by atoms with E-state index >= 15 is 0 Å². The lowest BCUT2D eigenvalue weighted by molar-refractivity contribution is 0.102. The maximum absolute atomic E-state index is 8.58. The molecule has 2 heterocycles. The summed E-state index contributed by atoms with van der Waals surface area (Å²) >= 11 is 0. The summed E-state index contributed by atoms with van der Waals surface area (Å²) < 4.78 is 1.48. The van der Waals surface area contributed by atoms with E-state index in [2.05, 4.69) is 15.0 Å². The molecule has 0 radical (unpaired) electrons. The second-order valence-electron chi connectivity index (χ2n) is 2.71. The molecule has 2 aromatic rings. The molecule has 0 bridgehead atoms. The van der Waals surface area contributed by atoms with Crippen LogP contribution < -0.4 is 4.84 Å². The first-order valence-electron chi connectivity index (χ1n) is 4.29. The maximum Gasteiger partial charge on any atom is 0.198 e. The third-order valence-corrected chi connectivity index (χ3v) is 1.72. The van der Waals surface area contributed by atoms with Crippen molar-refractivity contribution >= 4 is 11.2 Å². The Morgan fingerprint density at radius 2 is 2.36 bits per heavy atom. The van der Waals surface area contributed by atoms with E-state index in [4.69, 9.17) is 9.94 Å². The normalized spacial score (nSPS) is 10.6. The SMILES string of the molecule is OCCCOn1cnc2cncnc21. The molecule has 0 aliphatic rings. The van der Waals surface area contributed by atoms with Gasteiger partial charge in [-0.1, -0.05) is 0 Å². The molecule has 0 amide bonds. The summed E-state index contributed by atoms with van der Waals surface area (Å²) in [5, 5.41) is 8.58. The Morgan fingerprint density at radius 1 is 1.43 bits per heavy atom. The van der Waals surface area contributed by atoms with Crippen LogP contribution in [0.3, 0.4) is 0 Å². The van der Waals surface area contributed by atoms with Crippen LogP contribution in [-0.4, -0.2) is 38.0 Å². The number of fused-ring (bicyclic) bond motifs is 1. The fourth-order valence-electron chi connectivity index (χ4n) is 1.07. The molecule has 1 N–H and O–H groups in total. The van der Waals surface area contributed by atoms with E-state index in [1.54, 1.807) is 6.20 Å². The van der Waals surface area contributed by atoms with Crippen LogP contribution in [-0.2, 0) is 0 Å². The zero-order valence-electron chi connectivity index (χ0n) is 7.50. The van der Waals surface area contributed by atoms with Crippen molar-refractivity contribution in [3.8, 4) is 0 Å². The van der Waals surface area contributed by atoms with Crippen LogP contribution in [0.1, 0.15) is 6.42 Å². The number of rotatable bonds is 4. The topological polar surface area (TPSA) is 73.1 Å². The summed E-state index contributed by atoms with van der Waals surface area (Å²) in [6.07, 6.45) is 5.19. The smallest absolute Gasteiger partial charge is 0.198 e. The Morgan fingerprint density at radius 3 is 3.21 bits per heavy atom. The Bertz CT molecular complexity index is 414. The number of hydrogen-bond acceptors (Lipinski definition) is 5. The predicted octanol–water partition coefficient (Wildman–Crippen LogP) is -0.363. The lowest BCUT2D eigenvalue weighted by Crippen LogP contribution is -2.13. The van der Waals surface area contributed by atoms with E-state index in [1.165, 1.54) is 17.4 Å². The van der Waals surface area contributed by atoms with Gasteiger partial charge in [-0.05, 0) is 0 Å². The average molecular weight is 194 g/mol. The van der Waals surface area contributed by atoms with Crippen LogP contribution in [0, 0.1) is 0 Å². The number of nitrogens with zero attached hydrogens (tertiary/aromatic N) is 4. The Kier molecular flexibility index (Phi) is 2.55. The molecule has 0 saturated carbocycles. The third-order valence-electron chi connectivity index (χ3n) is 1.72. The van der Waals surface area contributed by atoms with Gasteiger partial charge in [-0.2, -0.15) is 4.73 Å². The van der Waals surface area contributed by atoms with Gasteiger partial charge >= 0.3 is 0 Å². The van der Waals surface area contributed by atoms with Gasteiger partial charge in [0.15, 0.2) is 5.65 Å². The molecule has 0 aliphatic heterocycles. The van der Waals surface area contributed by atoms with Crippen molar-refractivity contribution in [1.29, 1.82) is 0 Å². The second kappa shape index (κ2) is 4.01. The molecule has 6 nitrogen and oxygen atoms in total. The predicted molar refractivity (Wildman–Crippen MR) is 48.5 cm³/mol. The number of imidazole rings is 1. The van der Waals surface area contributed by atoms with E-state index in [-0.39, 0.29) is 6.61 Å². The number of aliphatic hydroxyl groups is 1. The molecule has 0 saturated heterocycles. The van der Waals surface area contributed by atoms with Crippen molar-refractivity contribution in [2.24, 2.45) is 0 Å². The minimum Gasteiger partial charge on any atom is -0.411 e. The van der Waals surface area contributed by atoms with Crippen LogP contribution >= 0.6 is 0 Å². The van der Waals surface area contributed by atoms with Crippen molar-refractivity contribution in [3.63, 3.8) is 0 Å². The first-order valence-corrected chi connectivity index (χ1v) is 4.29. The van der Waals surface area contributed by atoms with Crippen molar-refractivity contribution in [3.05, 3.63) is 18.9 Å². The van der Waals surface area contributed by atoms with Crippen LogP contribution in [0.25, 0.3) is 11.2 Å². The lowest BCUT2D eigenvalue weighted by Gasteiger charge is -2.04. The molecule has 0 fully saturated rings. The van der Waals surface area contributed by atoms with E-state index < -0.39 is 0 Å². The molecule has 2 aromatic heterocycles. The molecule has 0 aromatic carbocycles. The van der Waals surface area contributed by atoms with Crippen LogP contribution in [0.4, 0.5) is 0 Å². The molecule has 0 aliphatic carbocycles. The molecular formula is C8H10N4O2. The Balaban J connectivity index is 2.17. The van der Waals surface area contributed by atoms with E-state index in [0.29, 0.717) is 24.2 Å². The molecule has 0 spiro atoms. The molecule has 74 valence electrons. The van der Waals surface area contributed by atoms with E-state index in [9.17, 15) is 0 Å². The van der Waals surface area contributed by atoms with Gasteiger partial charge in [0.05, 0.1) is 6.20 Å². The van der Waals surface area contributed by atoms with Gasteiger partial charge < -0.3 is 9.94 Å². The quantitative estimate of drug-likeness (QED) is 0.673. The first-order chi connectivity index (χ1) is 6.92. The van der Waals surface area contributed by atoms with Gasteiger partial charge in [-0.25, -0.2) is 15.0 Å². The maximum atomic E-state index is 8.58. The molecule has 0 unspecified atom stereocenters. The molecule has 14 heavy (non-hydrogen) atoms. The van der Waals surface area contributed by atoms with Crippen molar-refractivity contribution in [2.45, 2.75) is 6.42 Å². The standard InChI is InChI=1S/C8H10N4O2/c13-2-1-3-14-12-6-11-7-4-9-5-10-8(7)12/h4-6,13H,1-3H2. The highest BCUT2D eigenvalue weighted by atomic mass is 16.7. The van der Waals surface area contributed by atoms with Gasteiger partial charge in [0, 0.05) is 13.0 Å². The summed E-state index contributed by atoms with van der Waals surface area (Å²) in [7, 11) is 0. The molecule has 2 rings (SSSR count). The lowest BCUT2D eigenvalue weighted by atomic mass is 10.5. The largest absolute Gasteiger partial charge is 0.411 e. The zero-order valence-corrected chi connectivity index (χ0v) is 7.50. The Labute approximate surface area is 80.1 Å². The average Bonchev–Trinajstić information content (AvgIpc) is 2.63. The highest BCUT2D eigenvalue weighted by Gasteiger charge is 2.02. The highest BCUT2D eigenvalue weighted by molar-refractivity contribution is 5.68. The zero-order chi connectivity index (χ0) is 9.80. The molecule has 6 heteroatoms. The summed E-state index contributed by atoms with van der Waals surface area (Å²) in [6, 6.07) is 0. The van der Waals surface area contributed by atoms with Gasteiger partial charge in [-0.3, -0.25) is 0 Å². The van der Waals surface area contributed by atoms with Gasteiger partial charge in [0.1, 0.15) is 24.8 Å². The van der Waals surface area contributed by atoms with Gasteiger partial charge in [0.25, 0.3) is 0 Å². The number of aliphatic hydroxyl groups excluding tert-OH is 1. The third kappa shape index (κ3) is 1.64. The summed E-state index contributed by atoms with van der Waals surface area (Å²) in [6.45, 7) is 0.549. The fraction of sp³-hybridized carbons (Fsp3) is 0.375. The van der Waals surface area contributed by atoms with Crippen LogP contribution in [0.2, 0.25) is 0 Å². The minimum absolute atomic E-state index is 0.113. The molecule has 0 atom stereocenters. The number of aromatic nitrogens is 4. The first kappa shape index (κ1) is 8.89. The second-order valence-corrected chi connectivity index (χ2v) is 2.71. The molecular weight excluding hydrogens is 184 g/mol. The number of hydrogen-bond donors (Lipinski definition) is 1. The monoisotopic (exact) mass is 194 g/mol. The summed E-state index contributed by atoms with van der Waals surface area (Å²) in [4.78, 5) is 17.2. The Hall–Kier alpha value is -1.69. The van der Waals surface area contributed by atoms with E-state index in [0.717, 1.165) is 0 Å².